The Hall–Kier alpha value is -3.32. The quantitative estimate of drug-likeness (QED) is 0.419. The number of anilines is 1. The maximum Gasteiger partial charge on any atom is 0.251 e. The highest BCUT2D eigenvalue weighted by Crippen LogP contribution is 2.25. The molecule has 34 heavy (non-hydrogen) atoms. The monoisotopic (exact) mass is 480 g/mol. The summed E-state index contributed by atoms with van der Waals surface area (Å²) >= 11 is 0. The van der Waals surface area contributed by atoms with Crippen molar-refractivity contribution in [1.29, 1.82) is 0 Å². The highest BCUT2D eigenvalue weighted by atomic mass is 32.2. The molecule has 7 heteroatoms. The number of hydrogen-bond donors (Lipinski definition) is 1. The molecule has 0 aliphatic heterocycles. The standard InChI is InChI=1S/C27H32N2O4S/c1-20(2)25-7-5-6-8-26(25)33-18-17-28-27(30)23-13-15-24(16-14-23)29(34(4,31)32)19-22-11-9-21(3)10-12-22/h5-16,20H,17-19H2,1-4H3,(H,28,30). The molecule has 3 aromatic carbocycles. The predicted molar refractivity (Wildman–Crippen MR) is 137 cm³/mol. The van der Waals surface area contributed by atoms with E-state index in [1.165, 1.54) is 10.6 Å². The second kappa shape index (κ2) is 11.2. The Bertz CT molecular complexity index is 1200. The summed E-state index contributed by atoms with van der Waals surface area (Å²) in [5, 5.41) is 2.85. The van der Waals surface area contributed by atoms with Crippen molar-refractivity contribution in [3.05, 3.63) is 95.1 Å². The van der Waals surface area contributed by atoms with Crippen LogP contribution in [0.5, 0.6) is 5.75 Å². The second-order valence-corrected chi connectivity index (χ2v) is 10.5. The van der Waals surface area contributed by atoms with Crippen LogP contribution in [-0.4, -0.2) is 33.7 Å². The van der Waals surface area contributed by atoms with Gasteiger partial charge in [-0.05, 0) is 54.3 Å². The summed E-state index contributed by atoms with van der Waals surface area (Å²) in [4.78, 5) is 12.5. The number of nitrogens with zero attached hydrogens (tertiary/aromatic N) is 1. The molecule has 180 valence electrons. The molecule has 3 rings (SSSR count). The van der Waals surface area contributed by atoms with Crippen molar-refractivity contribution in [2.24, 2.45) is 0 Å². The van der Waals surface area contributed by atoms with E-state index in [4.69, 9.17) is 4.74 Å². The summed E-state index contributed by atoms with van der Waals surface area (Å²) in [5.41, 5.74) is 4.09. The number of para-hydroxylation sites is 1. The van der Waals surface area contributed by atoms with Crippen LogP contribution in [0, 0.1) is 6.92 Å². The molecule has 0 aliphatic carbocycles. The van der Waals surface area contributed by atoms with Gasteiger partial charge in [0.2, 0.25) is 10.0 Å². The lowest BCUT2D eigenvalue weighted by atomic mass is 10.0. The first kappa shape index (κ1) is 25.3. The Kier molecular flexibility index (Phi) is 8.34. The fourth-order valence-corrected chi connectivity index (χ4v) is 4.44. The number of rotatable bonds is 10. The third-order valence-corrected chi connectivity index (χ3v) is 6.59. The molecule has 3 aromatic rings. The summed E-state index contributed by atoms with van der Waals surface area (Å²) in [6, 6.07) is 22.2. The first-order chi connectivity index (χ1) is 16.1. The first-order valence-electron chi connectivity index (χ1n) is 11.3. The van der Waals surface area contributed by atoms with E-state index in [9.17, 15) is 13.2 Å². The number of carbonyl (C=O) groups excluding carboxylic acids is 1. The third kappa shape index (κ3) is 6.84. The van der Waals surface area contributed by atoms with Crippen molar-refractivity contribution in [3.63, 3.8) is 0 Å². The molecule has 0 bridgehead atoms. The number of carbonyl (C=O) groups is 1. The zero-order valence-corrected chi connectivity index (χ0v) is 20.9. The average molecular weight is 481 g/mol. The Morgan fingerprint density at radius 1 is 0.971 bits per heavy atom. The molecule has 0 atom stereocenters. The molecular weight excluding hydrogens is 448 g/mol. The van der Waals surface area contributed by atoms with Gasteiger partial charge in [-0.15, -0.1) is 0 Å². The normalized spacial score (nSPS) is 11.3. The number of aryl methyl sites for hydroxylation is 1. The predicted octanol–water partition coefficient (Wildman–Crippen LogP) is 4.89. The van der Waals surface area contributed by atoms with Crippen molar-refractivity contribution < 1.29 is 17.9 Å². The van der Waals surface area contributed by atoms with Gasteiger partial charge in [0.1, 0.15) is 12.4 Å². The van der Waals surface area contributed by atoms with Crippen molar-refractivity contribution in [1.82, 2.24) is 5.32 Å². The molecular formula is C27H32N2O4S. The van der Waals surface area contributed by atoms with Crippen LogP contribution in [-0.2, 0) is 16.6 Å². The van der Waals surface area contributed by atoms with Gasteiger partial charge in [-0.2, -0.15) is 0 Å². The summed E-state index contributed by atoms with van der Waals surface area (Å²) in [7, 11) is -3.50. The summed E-state index contributed by atoms with van der Waals surface area (Å²) in [6.07, 6.45) is 1.18. The number of sulfonamides is 1. The number of hydrogen-bond acceptors (Lipinski definition) is 4. The summed E-state index contributed by atoms with van der Waals surface area (Å²) < 4.78 is 32.0. The van der Waals surface area contributed by atoms with Crippen LogP contribution in [0.1, 0.15) is 46.8 Å². The molecule has 0 fully saturated rings. The van der Waals surface area contributed by atoms with E-state index in [1.54, 1.807) is 24.3 Å². The third-order valence-electron chi connectivity index (χ3n) is 5.45. The second-order valence-electron chi connectivity index (χ2n) is 8.60. The lowest BCUT2D eigenvalue weighted by Crippen LogP contribution is -2.30. The minimum Gasteiger partial charge on any atom is -0.491 e. The molecule has 0 aromatic heterocycles. The first-order valence-corrected chi connectivity index (χ1v) is 13.1. The van der Waals surface area contributed by atoms with Crippen molar-refractivity contribution in [2.75, 3.05) is 23.7 Å². The number of benzene rings is 3. The van der Waals surface area contributed by atoms with Crippen LogP contribution in [0.25, 0.3) is 0 Å². The largest absolute Gasteiger partial charge is 0.491 e. The maximum atomic E-state index is 12.5. The van der Waals surface area contributed by atoms with Gasteiger partial charge in [0.05, 0.1) is 25.0 Å². The fourth-order valence-electron chi connectivity index (χ4n) is 3.55. The van der Waals surface area contributed by atoms with Gasteiger partial charge in [0.25, 0.3) is 5.91 Å². The van der Waals surface area contributed by atoms with Gasteiger partial charge in [-0.1, -0.05) is 61.9 Å². The fraction of sp³-hybridized carbons (Fsp3) is 0.296. The number of nitrogens with one attached hydrogen (secondary N) is 1. The zero-order chi connectivity index (χ0) is 24.7. The van der Waals surface area contributed by atoms with Crippen LogP contribution in [0.3, 0.4) is 0 Å². The molecule has 0 spiro atoms. The van der Waals surface area contributed by atoms with Crippen LogP contribution in [0.15, 0.2) is 72.8 Å². The van der Waals surface area contributed by atoms with E-state index in [-0.39, 0.29) is 12.5 Å². The van der Waals surface area contributed by atoms with E-state index >= 15 is 0 Å². The molecule has 0 unspecified atom stereocenters. The number of amides is 1. The Morgan fingerprint density at radius 3 is 2.24 bits per heavy atom. The molecule has 1 N–H and O–H groups in total. The van der Waals surface area contributed by atoms with Crippen LogP contribution >= 0.6 is 0 Å². The van der Waals surface area contributed by atoms with E-state index in [2.05, 4.69) is 19.2 Å². The minimum atomic E-state index is -3.50. The smallest absolute Gasteiger partial charge is 0.251 e. The van der Waals surface area contributed by atoms with Crippen LogP contribution in [0.2, 0.25) is 0 Å². The molecule has 6 nitrogen and oxygen atoms in total. The lowest BCUT2D eigenvalue weighted by molar-refractivity contribution is 0.0947. The molecule has 0 saturated carbocycles. The SMILES string of the molecule is Cc1ccc(CN(c2ccc(C(=O)NCCOc3ccccc3C(C)C)cc2)S(C)(=O)=O)cc1. The van der Waals surface area contributed by atoms with Gasteiger partial charge in [-0.3, -0.25) is 9.10 Å². The van der Waals surface area contributed by atoms with Crippen molar-refractivity contribution in [2.45, 2.75) is 33.2 Å². The van der Waals surface area contributed by atoms with Crippen LogP contribution < -0.4 is 14.4 Å². The maximum absolute atomic E-state index is 12.5. The van der Waals surface area contributed by atoms with Crippen molar-refractivity contribution in [3.8, 4) is 5.75 Å². The lowest BCUT2D eigenvalue weighted by Gasteiger charge is -2.23. The molecule has 0 saturated heterocycles. The Morgan fingerprint density at radius 2 is 1.62 bits per heavy atom. The average Bonchev–Trinajstić information content (AvgIpc) is 2.81. The van der Waals surface area contributed by atoms with E-state index in [0.717, 1.165) is 22.4 Å². The number of ether oxygens (including phenoxy) is 1. The molecule has 0 aliphatic rings. The van der Waals surface area contributed by atoms with Gasteiger partial charge in [0.15, 0.2) is 0 Å². The topological polar surface area (TPSA) is 75.7 Å². The summed E-state index contributed by atoms with van der Waals surface area (Å²) in [5.74, 6) is 0.934. The highest BCUT2D eigenvalue weighted by molar-refractivity contribution is 7.92. The summed E-state index contributed by atoms with van der Waals surface area (Å²) in [6.45, 7) is 7.14. The Labute approximate surface area is 202 Å². The van der Waals surface area contributed by atoms with E-state index in [1.807, 2.05) is 55.5 Å². The molecule has 0 heterocycles. The minimum absolute atomic E-state index is 0.222. The van der Waals surface area contributed by atoms with Gasteiger partial charge < -0.3 is 10.1 Å². The Balaban J connectivity index is 1.60. The molecule has 1 amide bonds. The van der Waals surface area contributed by atoms with Crippen molar-refractivity contribution >= 4 is 21.6 Å². The van der Waals surface area contributed by atoms with Gasteiger partial charge in [0, 0.05) is 5.56 Å². The van der Waals surface area contributed by atoms with Gasteiger partial charge in [-0.25, -0.2) is 8.42 Å². The highest BCUT2D eigenvalue weighted by Gasteiger charge is 2.18. The van der Waals surface area contributed by atoms with Gasteiger partial charge >= 0.3 is 0 Å². The molecule has 0 radical (unpaired) electrons. The van der Waals surface area contributed by atoms with E-state index < -0.39 is 10.0 Å². The zero-order valence-electron chi connectivity index (χ0n) is 20.1. The van der Waals surface area contributed by atoms with Crippen LogP contribution in [0.4, 0.5) is 5.69 Å². The van der Waals surface area contributed by atoms with E-state index in [0.29, 0.717) is 30.3 Å².